The van der Waals surface area contributed by atoms with E-state index in [4.69, 9.17) is 5.73 Å². The number of aryl methyl sites for hydroxylation is 1. The number of aromatic nitrogens is 1. The van der Waals surface area contributed by atoms with E-state index in [1.165, 1.54) is 11.8 Å². The van der Waals surface area contributed by atoms with E-state index >= 15 is 0 Å². The smallest absolute Gasteiger partial charge is 0.147 e. The minimum absolute atomic E-state index is 0.565. The molecule has 0 radical (unpaired) electrons. The van der Waals surface area contributed by atoms with Crippen molar-refractivity contribution in [2.24, 2.45) is 5.73 Å². The van der Waals surface area contributed by atoms with Gasteiger partial charge in [-0.05, 0) is 25.5 Å². The molecule has 0 saturated carbocycles. The molecule has 0 unspecified atom stereocenters. The van der Waals surface area contributed by atoms with Crippen molar-refractivity contribution in [3.63, 3.8) is 0 Å². The lowest BCUT2D eigenvalue weighted by molar-refractivity contribution is -0.104. The van der Waals surface area contributed by atoms with Gasteiger partial charge in [-0.1, -0.05) is 6.07 Å². The fraction of sp³-hybridized carbons (Fsp3) is 0.200. The molecule has 0 amide bonds. The van der Waals surface area contributed by atoms with Crippen molar-refractivity contribution < 1.29 is 4.79 Å². The maximum atomic E-state index is 9.59. The van der Waals surface area contributed by atoms with E-state index in [0.717, 1.165) is 0 Å². The van der Waals surface area contributed by atoms with E-state index in [-0.39, 0.29) is 0 Å². The number of nitrogens with zero attached hydrogens (tertiary/aromatic N) is 1. The number of hydrogen-bond acceptors (Lipinski definition) is 3. The van der Waals surface area contributed by atoms with Crippen molar-refractivity contribution in [3.05, 3.63) is 41.9 Å². The van der Waals surface area contributed by atoms with E-state index in [2.05, 4.69) is 4.98 Å². The summed E-state index contributed by atoms with van der Waals surface area (Å²) in [4.78, 5) is 13.5. The number of carbonyl (C=O) groups is 1. The lowest BCUT2D eigenvalue weighted by atomic mass is 10.3. The molecule has 3 heteroatoms. The topological polar surface area (TPSA) is 56.0 Å². The summed E-state index contributed by atoms with van der Waals surface area (Å²) < 4.78 is 0. The molecule has 2 N–H and O–H groups in total. The summed E-state index contributed by atoms with van der Waals surface area (Å²) in [5.74, 6) is 0. The van der Waals surface area contributed by atoms with Gasteiger partial charge >= 0.3 is 0 Å². The van der Waals surface area contributed by atoms with E-state index < -0.39 is 0 Å². The predicted octanol–water partition coefficient (Wildman–Crippen LogP) is 1.44. The number of hydrogen-bond donors (Lipinski definition) is 1. The zero-order chi connectivity index (χ0) is 10.1. The summed E-state index contributed by atoms with van der Waals surface area (Å²) in [5, 5.41) is 0. The molecule has 1 aromatic rings. The van der Waals surface area contributed by atoms with Crippen LogP contribution in [0.2, 0.25) is 0 Å². The van der Waals surface area contributed by atoms with Gasteiger partial charge in [-0.3, -0.25) is 9.78 Å². The van der Waals surface area contributed by atoms with Crippen LogP contribution in [0.1, 0.15) is 12.5 Å². The molecule has 0 saturated heterocycles. The third kappa shape index (κ3) is 6.75. The molecular formula is C10H14N2O. The third-order valence-electron chi connectivity index (χ3n) is 1.26. The molecule has 0 spiro atoms. The molecule has 0 bridgehead atoms. The SMILES string of the molecule is C/C(C=O)=C/N.Cc1cccnc1. The molecule has 0 atom stereocenters. The average molecular weight is 178 g/mol. The predicted molar refractivity (Wildman–Crippen MR) is 53.0 cm³/mol. The average Bonchev–Trinajstić information content (AvgIpc) is 2.19. The van der Waals surface area contributed by atoms with Gasteiger partial charge in [-0.15, -0.1) is 0 Å². The van der Waals surface area contributed by atoms with Gasteiger partial charge in [0.2, 0.25) is 0 Å². The first-order chi connectivity index (χ1) is 6.20. The Kier molecular flexibility index (Phi) is 6.15. The lowest BCUT2D eigenvalue weighted by Gasteiger charge is -1.82. The molecule has 0 fully saturated rings. The Balaban J connectivity index is 0.000000226. The summed E-state index contributed by atoms with van der Waals surface area (Å²) in [5.41, 5.74) is 6.66. The van der Waals surface area contributed by atoms with E-state index in [1.807, 2.05) is 25.3 Å². The molecule has 0 aliphatic heterocycles. The van der Waals surface area contributed by atoms with Gasteiger partial charge in [0.15, 0.2) is 0 Å². The Morgan fingerprint density at radius 3 is 2.46 bits per heavy atom. The van der Waals surface area contributed by atoms with Crippen LogP contribution in [0.25, 0.3) is 0 Å². The monoisotopic (exact) mass is 178 g/mol. The number of carbonyl (C=O) groups excluding carboxylic acids is 1. The molecule has 3 nitrogen and oxygen atoms in total. The van der Waals surface area contributed by atoms with Crippen LogP contribution < -0.4 is 5.73 Å². The minimum Gasteiger partial charge on any atom is -0.404 e. The van der Waals surface area contributed by atoms with Crippen LogP contribution >= 0.6 is 0 Å². The van der Waals surface area contributed by atoms with E-state index in [9.17, 15) is 4.79 Å². The Labute approximate surface area is 78.3 Å². The number of rotatable bonds is 1. The Morgan fingerprint density at radius 2 is 2.31 bits per heavy atom. The zero-order valence-electron chi connectivity index (χ0n) is 7.90. The largest absolute Gasteiger partial charge is 0.404 e. The molecular weight excluding hydrogens is 164 g/mol. The van der Waals surface area contributed by atoms with Gasteiger partial charge in [-0.2, -0.15) is 0 Å². The van der Waals surface area contributed by atoms with E-state index in [1.54, 1.807) is 13.1 Å². The number of nitrogens with two attached hydrogens (primary N) is 1. The van der Waals surface area contributed by atoms with Crippen LogP contribution in [-0.4, -0.2) is 11.3 Å². The highest BCUT2D eigenvalue weighted by Crippen LogP contribution is 1.88. The van der Waals surface area contributed by atoms with Gasteiger partial charge in [-0.25, -0.2) is 0 Å². The highest BCUT2D eigenvalue weighted by atomic mass is 16.1. The van der Waals surface area contributed by atoms with Crippen molar-refractivity contribution in [1.29, 1.82) is 0 Å². The van der Waals surface area contributed by atoms with Crippen LogP contribution in [0.15, 0.2) is 36.3 Å². The standard InChI is InChI=1S/C6H7N.C4H7NO/c1-6-3-2-4-7-5-6;1-4(2-5)3-6/h2-5H,1H3;2-3H,5H2,1H3/b;4-2-. The normalized spacial score (nSPS) is 9.85. The maximum Gasteiger partial charge on any atom is 0.147 e. The summed E-state index contributed by atoms with van der Waals surface area (Å²) in [6.07, 6.45) is 5.58. The van der Waals surface area contributed by atoms with Gasteiger partial charge < -0.3 is 5.73 Å². The number of pyridine rings is 1. The van der Waals surface area contributed by atoms with Crippen LogP contribution in [0, 0.1) is 6.92 Å². The summed E-state index contributed by atoms with van der Waals surface area (Å²) in [6.45, 7) is 3.67. The lowest BCUT2D eigenvalue weighted by Crippen LogP contribution is -1.83. The second-order valence-electron chi connectivity index (χ2n) is 2.56. The van der Waals surface area contributed by atoms with Crippen LogP contribution in [-0.2, 0) is 4.79 Å². The van der Waals surface area contributed by atoms with Gasteiger partial charge in [0, 0.05) is 24.2 Å². The second-order valence-corrected chi connectivity index (χ2v) is 2.56. The fourth-order valence-corrected chi connectivity index (χ4v) is 0.487. The van der Waals surface area contributed by atoms with Crippen molar-refractivity contribution in [1.82, 2.24) is 4.98 Å². The van der Waals surface area contributed by atoms with Gasteiger partial charge in [0.05, 0.1) is 0 Å². The first kappa shape index (κ1) is 11.4. The molecule has 1 rings (SSSR count). The van der Waals surface area contributed by atoms with Gasteiger partial charge in [0.25, 0.3) is 0 Å². The summed E-state index contributed by atoms with van der Waals surface area (Å²) >= 11 is 0. The van der Waals surface area contributed by atoms with Crippen LogP contribution in [0.5, 0.6) is 0 Å². The first-order valence-corrected chi connectivity index (χ1v) is 3.91. The number of allylic oxidation sites excluding steroid dienone is 1. The van der Waals surface area contributed by atoms with Gasteiger partial charge in [0.1, 0.15) is 6.29 Å². The first-order valence-electron chi connectivity index (χ1n) is 3.91. The molecule has 0 aromatic carbocycles. The Morgan fingerprint density at radius 1 is 1.62 bits per heavy atom. The molecule has 1 aromatic heterocycles. The fourth-order valence-electron chi connectivity index (χ4n) is 0.487. The Hall–Kier alpha value is -1.64. The summed E-state index contributed by atoms with van der Waals surface area (Å²) in [7, 11) is 0. The number of aldehydes is 1. The maximum absolute atomic E-state index is 9.59. The molecule has 0 aliphatic carbocycles. The highest BCUT2D eigenvalue weighted by Gasteiger charge is 1.73. The van der Waals surface area contributed by atoms with Crippen molar-refractivity contribution >= 4 is 6.29 Å². The van der Waals surface area contributed by atoms with Crippen molar-refractivity contribution in [2.75, 3.05) is 0 Å². The van der Waals surface area contributed by atoms with Crippen LogP contribution in [0.3, 0.4) is 0 Å². The quantitative estimate of drug-likeness (QED) is 0.523. The van der Waals surface area contributed by atoms with E-state index in [0.29, 0.717) is 11.9 Å². The highest BCUT2D eigenvalue weighted by molar-refractivity contribution is 5.71. The molecule has 13 heavy (non-hydrogen) atoms. The third-order valence-corrected chi connectivity index (χ3v) is 1.26. The molecule has 0 aliphatic rings. The zero-order valence-corrected chi connectivity index (χ0v) is 7.90. The van der Waals surface area contributed by atoms with Crippen molar-refractivity contribution in [3.8, 4) is 0 Å². The van der Waals surface area contributed by atoms with Crippen LogP contribution in [0.4, 0.5) is 0 Å². The summed E-state index contributed by atoms with van der Waals surface area (Å²) in [6, 6.07) is 3.95. The van der Waals surface area contributed by atoms with Crippen molar-refractivity contribution in [2.45, 2.75) is 13.8 Å². The minimum atomic E-state index is 0.565. The Bertz CT molecular complexity index is 268. The second kappa shape index (κ2) is 7.03. The molecule has 1 heterocycles. The molecule has 70 valence electrons.